The number of carbonyl (C=O) groups excluding carboxylic acids is 1. The van der Waals surface area contributed by atoms with Crippen LogP contribution < -0.4 is 10.1 Å². The van der Waals surface area contributed by atoms with Crippen LogP contribution in [0.15, 0.2) is 34.9 Å². The molecule has 124 valence electrons. The van der Waals surface area contributed by atoms with E-state index in [1.165, 1.54) is 0 Å². The smallest absolute Gasteiger partial charge is 0.310 e. The van der Waals surface area contributed by atoms with Crippen molar-refractivity contribution in [2.45, 2.75) is 13.3 Å². The number of ether oxygens (including phenoxy) is 2. The summed E-state index contributed by atoms with van der Waals surface area (Å²) < 4.78 is 10.9. The Morgan fingerprint density at radius 2 is 2.12 bits per heavy atom. The zero-order valence-corrected chi connectivity index (χ0v) is 14.7. The van der Waals surface area contributed by atoms with E-state index in [1.54, 1.807) is 13.1 Å². The predicted octanol–water partition coefficient (Wildman–Crippen LogP) is 3.10. The monoisotopic (exact) mass is 389 g/mol. The van der Waals surface area contributed by atoms with Gasteiger partial charge in [0.05, 0.1) is 23.7 Å². The molecule has 7 heteroatoms. The highest BCUT2D eigenvalue weighted by molar-refractivity contribution is 9.10. The van der Waals surface area contributed by atoms with Crippen molar-refractivity contribution in [3.05, 3.63) is 40.5 Å². The summed E-state index contributed by atoms with van der Waals surface area (Å²) in [6.07, 6.45) is 7.00. The van der Waals surface area contributed by atoms with E-state index in [9.17, 15) is 4.79 Å². The van der Waals surface area contributed by atoms with Gasteiger partial charge in [0, 0.05) is 5.69 Å². The molecule has 0 aliphatic carbocycles. The van der Waals surface area contributed by atoms with Crippen LogP contribution >= 0.6 is 15.9 Å². The predicted molar refractivity (Wildman–Crippen MR) is 94.1 cm³/mol. The van der Waals surface area contributed by atoms with Gasteiger partial charge >= 0.3 is 5.97 Å². The number of benzene rings is 1. The topological polar surface area (TPSA) is 73.3 Å². The summed E-state index contributed by atoms with van der Waals surface area (Å²) in [4.78, 5) is 19.9. The minimum Gasteiger partial charge on any atom is -0.466 e. The zero-order valence-electron chi connectivity index (χ0n) is 13.1. The van der Waals surface area contributed by atoms with Gasteiger partial charge in [0.2, 0.25) is 11.8 Å². The Kier molecular flexibility index (Phi) is 6.58. The van der Waals surface area contributed by atoms with Gasteiger partial charge in [0.1, 0.15) is 0 Å². The Labute approximate surface area is 148 Å². The molecule has 0 unspecified atom stereocenters. The second-order valence-corrected chi connectivity index (χ2v) is 5.50. The third kappa shape index (κ3) is 5.25. The number of aromatic nitrogens is 2. The van der Waals surface area contributed by atoms with E-state index in [4.69, 9.17) is 15.9 Å². The number of terminal acetylenes is 1. The van der Waals surface area contributed by atoms with Gasteiger partial charge in [-0.3, -0.25) is 4.79 Å². The summed E-state index contributed by atoms with van der Waals surface area (Å²) in [5.74, 6) is 2.88. The number of carbonyl (C=O) groups is 1. The third-order valence-electron chi connectivity index (χ3n) is 2.87. The molecule has 2 aromatic rings. The number of nitrogens with zero attached hydrogens (tertiary/aromatic N) is 2. The van der Waals surface area contributed by atoms with Crippen molar-refractivity contribution < 1.29 is 14.3 Å². The van der Waals surface area contributed by atoms with Crippen LogP contribution in [0, 0.1) is 12.3 Å². The van der Waals surface area contributed by atoms with Gasteiger partial charge < -0.3 is 14.8 Å². The molecular weight excluding hydrogens is 374 g/mol. The van der Waals surface area contributed by atoms with Crippen molar-refractivity contribution in [3.63, 3.8) is 0 Å². The molecule has 0 saturated heterocycles. The Bertz CT molecular complexity index is 742. The number of nitrogens with one attached hydrogen (secondary N) is 1. The Morgan fingerprint density at radius 1 is 1.38 bits per heavy atom. The molecule has 0 radical (unpaired) electrons. The van der Waals surface area contributed by atoms with Crippen molar-refractivity contribution in [2.75, 3.05) is 18.5 Å². The number of rotatable bonds is 7. The van der Waals surface area contributed by atoms with Crippen LogP contribution in [-0.4, -0.2) is 29.2 Å². The number of hydrogen-bond donors (Lipinski definition) is 1. The summed E-state index contributed by atoms with van der Waals surface area (Å²) in [6.45, 7) is 2.28. The van der Waals surface area contributed by atoms with E-state index in [0.29, 0.717) is 22.9 Å². The largest absolute Gasteiger partial charge is 0.466 e. The van der Waals surface area contributed by atoms with Crippen molar-refractivity contribution >= 4 is 33.5 Å². The van der Waals surface area contributed by atoms with E-state index in [-0.39, 0.29) is 19.0 Å². The summed E-state index contributed by atoms with van der Waals surface area (Å²) in [6, 6.07) is 7.35. The molecule has 1 aromatic carbocycles. The highest BCUT2D eigenvalue weighted by Gasteiger charge is 2.07. The van der Waals surface area contributed by atoms with Crippen LogP contribution in [-0.2, 0) is 16.0 Å². The Balaban J connectivity index is 2.03. The average Bonchev–Trinajstić information content (AvgIpc) is 2.57. The minimum atomic E-state index is -0.246. The zero-order chi connectivity index (χ0) is 17.4. The fourth-order valence-electron chi connectivity index (χ4n) is 1.84. The number of hydrogen-bond acceptors (Lipinski definition) is 6. The van der Waals surface area contributed by atoms with Gasteiger partial charge in [0.25, 0.3) is 0 Å². The molecule has 0 atom stereocenters. The first-order valence-corrected chi connectivity index (χ1v) is 8.02. The van der Waals surface area contributed by atoms with Crippen molar-refractivity contribution in [1.82, 2.24) is 9.97 Å². The van der Waals surface area contributed by atoms with Gasteiger partial charge in [-0.25, -0.2) is 4.98 Å². The molecule has 0 fully saturated rings. The van der Waals surface area contributed by atoms with E-state index in [1.807, 2.05) is 24.3 Å². The molecule has 0 spiro atoms. The van der Waals surface area contributed by atoms with E-state index >= 15 is 0 Å². The molecule has 0 aliphatic heterocycles. The molecule has 1 heterocycles. The van der Waals surface area contributed by atoms with E-state index in [0.717, 1.165) is 11.3 Å². The summed E-state index contributed by atoms with van der Waals surface area (Å²) >= 11 is 3.30. The second kappa shape index (κ2) is 8.89. The molecular formula is C17H16BrN3O3. The summed E-state index contributed by atoms with van der Waals surface area (Å²) in [5, 5.41) is 3.06. The van der Waals surface area contributed by atoms with Gasteiger partial charge in [-0.1, -0.05) is 18.1 Å². The van der Waals surface area contributed by atoms with Crippen LogP contribution in [0.25, 0.3) is 0 Å². The molecule has 6 nitrogen and oxygen atoms in total. The fourth-order valence-corrected chi connectivity index (χ4v) is 2.14. The second-order valence-electron chi connectivity index (χ2n) is 4.64. The lowest BCUT2D eigenvalue weighted by molar-refractivity contribution is -0.142. The summed E-state index contributed by atoms with van der Waals surface area (Å²) in [7, 11) is 0. The highest BCUT2D eigenvalue weighted by atomic mass is 79.9. The quantitative estimate of drug-likeness (QED) is 0.579. The first-order chi connectivity index (χ1) is 11.6. The lowest BCUT2D eigenvalue weighted by atomic mass is 10.1. The minimum absolute atomic E-state index is 0.123. The van der Waals surface area contributed by atoms with Crippen molar-refractivity contribution in [2.24, 2.45) is 0 Å². The van der Waals surface area contributed by atoms with E-state index < -0.39 is 0 Å². The lowest BCUT2D eigenvalue weighted by Crippen LogP contribution is -2.07. The maximum absolute atomic E-state index is 11.5. The fraction of sp³-hybridized carbons (Fsp3) is 0.235. The van der Waals surface area contributed by atoms with E-state index in [2.05, 4.69) is 37.1 Å². The third-order valence-corrected chi connectivity index (χ3v) is 3.41. The molecule has 2 rings (SSSR count). The van der Waals surface area contributed by atoms with Crippen molar-refractivity contribution in [3.8, 4) is 18.2 Å². The number of halogens is 1. The molecule has 0 amide bonds. The van der Waals surface area contributed by atoms with Crippen LogP contribution in [0.4, 0.5) is 11.6 Å². The SMILES string of the molecule is C#CCOc1nc(Nc2ccc(CC(=O)OCC)cc2)ncc1Br. The van der Waals surface area contributed by atoms with Crippen LogP contribution in [0.3, 0.4) is 0 Å². The van der Waals surface area contributed by atoms with Crippen LogP contribution in [0.2, 0.25) is 0 Å². The number of anilines is 2. The molecule has 0 bridgehead atoms. The van der Waals surface area contributed by atoms with Crippen LogP contribution in [0.1, 0.15) is 12.5 Å². The Hall–Kier alpha value is -2.59. The van der Waals surface area contributed by atoms with Crippen LogP contribution in [0.5, 0.6) is 5.88 Å². The normalized spacial score (nSPS) is 9.88. The highest BCUT2D eigenvalue weighted by Crippen LogP contribution is 2.24. The Morgan fingerprint density at radius 3 is 2.79 bits per heavy atom. The molecule has 24 heavy (non-hydrogen) atoms. The first-order valence-electron chi connectivity index (χ1n) is 7.22. The molecule has 0 aliphatic rings. The number of esters is 1. The summed E-state index contributed by atoms with van der Waals surface area (Å²) in [5.41, 5.74) is 1.65. The van der Waals surface area contributed by atoms with Gasteiger partial charge in [-0.2, -0.15) is 4.98 Å². The maximum Gasteiger partial charge on any atom is 0.310 e. The molecule has 0 saturated carbocycles. The van der Waals surface area contributed by atoms with Gasteiger partial charge in [-0.05, 0) is 40.5 Å². The van der Waals surface area contributed by atoms with Gasteiger partial charge in [0.15, 0.2) is 6.61 Å². The standard InChI is InChI=1S/C17H16BrN3O3/c1-3-9-24-16-14(18)11-19-17(21-16)20-13-7-5-12(6-8-13)10-15(22)23-4-2/h1,5-8,11H,4,9-10H2,2H3,(H,19,20,21). The lowest BCUT2D eigenvalue weighted by Gasteiger charge is -2.09. The van der Waals surface area contributed by atoms with Gasteiger partial charge in [-0.15, -0.1) is 6.42 Å². The average molecular weight is 390 g/mol. The molecule has 1 N–H and O–H groups in total. The van der Waals surface area contributed by atoms with Crippen molar-refractivity contribution in [1.29, 1.82) is 0 Å². The maximum atomic E-state index is 11.5. The molecule has 1 aromatic heterocycles. The first kappa shape index (κ1) is 17.8.